The van der Waals surface area contributed by atoms with Crippen LogP contribution in [0.4, 0.5) is 0 Å². The molecule has 0 rings (SSSR count). The molecule has 0 N–H and O–H groups in total. The SMILES string of the molecule is CC(C)C(P=O)P=O. The highest BCUT2D eigenvalue weighted by molar-refractivity contribution is 7.44. The van der Waals surface area contributed by atoms with Gasteiger partial charge in [-0.1, -0.05) is 13.8 Å². The van der Waals surface area contributed by atoms with E-state index in [-0.39, 0.29) is 28.2 Å². The van der Waals surface area contributed by atoms with Gasteiger partial charge in [0.15, 0.2) is 16.9 Å². The molecule has 0 bridgehead atoms. The lowest BCUT2D eigenvalue weighted by Crippen LogP contribution is -1.97. The predicted octanol–water partition coefficient (Wildman–Crippen LogP) is 2.55. The first-order valence-corrected chi connectivity index (χ1v) is 4.13. The summed E-state index contributed by atoms with van der Waals surface area (Å²) in [6, 6.07) is 0. The molecule has 0 aliphatic heterocycles. The van der Waals surface area contributed by atoms with Gasteiger partial charge in [0, 0.05) is 0 Å². The summed E-state index contributed by atoms with van der Waals surface area (Å²) in [4.78, 5) is 0. The first-order valence-electron chi connectivity index (χ1n) is 2.37. The molecule has 0 saturated carbocycles. The van der Waals surface area contributed by atoms with E-state index in [1.807, 2.05) is 13.8 Å². The van der Waals surface area contributed by atoms with Crippen LogP contribution in [-0.4, -0.2) is 5.40 Å². The van der Waals surface area contributed by atoms with Crippen molar-refractivity contribution in [3.63, 3.8) is 0 Å². The van der Waals surface area contributed by atoms with Gasteiger partial charge < -0.3 is 0 Å². The zero-order valence-corrected chi connectivity index (χ0v) is 6.65. The summed E-state index contributed by atoms with van der Waals surface area (Å²) in [5.41, 5.74) is 0. The molecule has 0 spiro atoms. The van der Waals surface area contributed by atoms with Gasteiger partial charge in [-0.3, -0.25) is 9.13 Å². The maximum atomic E-state index is 10.1. The van der Waals surface area contributed by atoms with Crippen LogP contribution in [0, 0.1) is 5.92 Å². The number of hydrogen-bond donors (Lipinski definition) is 0. The number of hydrogen-bond acceptors (Lipinski definition) is 2. The van der Waals surface area contributed by atoms with Crippen LogP contribution in [0.3, 0.4) is 0 Å². The third-order valence-corrected chi connectivity index (χ3v) is 3.00. The average Bonchev–Trinajstić information content (AvgIpc) is 1.69. The van der Waals surface area contributed by atoms with Gasteiger partial charge in [-0.15, -0.1) is 0 Å². The van der Waals surface area contributed by atoms with Crippen LogP contribution in [0.1, 0.15) is 13.8 Å². The van der Waals surface area contributed by atoms with E-state index in [0.717, 1.165) is 0 Å². The Labute approximate surface area is 52.1 Å². The van der Waals surface area contributed by atoms with E-state index in [2.05, 4.69) is 0 Å². The Morgan fingerprint density at radius 3 is 1.50 bits per heavy atom. The predicted molar refractivity (Wildman–Crippen MR) is 33.8 cm³/mol. The van der Waals surface area contributed by atoms with Crippen LogP contribution in [-0.2, 0) is 9.13 Å². The van der Waals surface area contributed by atoms with E-state index < -0.39 is 0 Å². The third-order valence-electron chi connectivity index (χ3n) is 0.812. The highest BCUT2D eigenvalue weighted by atomic mass is 31.1. The van der Waals surface area contributed by atoms with Gasteiger partial charge in [0.1, 0.15) is 5.40 Å². The highest BCUT2D eigenvalue weighted by Gasteiger charge is 2.11. The molecule has 0 radical (unpaired) electrons. The molecule has 2 nitrogen and oxygen atoms in total. The van der Waals surface area contributed by atoms with Crippen molar-refractivity contribution < 1.29 is 9.13 Å². The van der Waals surface area contributed by atoms with Crippen molar-refractivity contribution in [2.24, 2.45) is 5.92 Å². The first kappa shape index (κ1) is 8.20. The minimum absolute atomic E-state index is 0.0212. The van der Waals surface area contributed by atoms with Crippen LogP contribution in [0.5, 0.6) is 0 Å². The van der Waals surface area contributed by atoms with E-state index >= 15 is 0 Å². The van der Waals surface area contributed by atoms with E-state index in [1.54, 1.807) is 0 Å². The quantitative estimate of drug-likeness (QED) is 0.579. The van der Waals surface area contributed by atoms with Crippen LogP contribution in [0.2, 0.25) is 0 Å². The molecule has 0 aliphatic carbocycles. The fourth-order valence-corrected chi connectivity index (χ4v) is 0.904. The van der Waals surface area contributed by atoms with Gasteiger partial charge in [-0.2, -0.15) is 0 Å². The lowest BCUT2D eigenvalue weighted by atomic mass is 10.3. The van der Waals surface area contributed by atoms with Crippen molar-refractivity contribution in [3.8, 4) is 0 Å². The van der Waals surface area contributed by atoms with Crippen molar-refractivity contribution >= 4 is 16.9 Å². The summed E-state index contributed by atoms with van der Waals surface area (Å²) >= 11 is 0. The Morgan fingerprint density at radius 1 is 1.12 bits per heavy atom. The standard InChI is InChI=1S/C4H8O2P2/c1-3(2)4(7-5)8-6/h3-4H,1-2H3. The molecule has 8 heavy (non-hydrogen) atoms. The van der Waals surface area contributed by atoms with Crippen molar-refractivity contribution in [3.05, 3.63) is 0 Å². The molecule has 46 valence electrons. The average molecular weight is 150 g/mol. The van der Waals surface area contributed by atoms with E-state index in [9.17, 15) is 9.13 Å². The van der Waals surface area contributed by atoms with Crippen molar-refractivity contribution in [2.75, 3.05) is 0 Å². The molecule has 0 saturated heterocycles. The molecule has 0 fully saturated rings. The Hall–Kier alpha value is 0.200. The summed E-state index contributed by atoms with van der Waals surface area (Å²) in [7, 11) is -0.0424. The van der Waals surface area contributed by atoms with Crippen LogP contribution in [0.15, 0.2) is 0 Å². The molecule has 0 amide bonds. The highest BCUT2D eigenvalue weighted by Crippen LogP contribution is 2.26. The zero-order chi connectivity index (χ0) is 6.57. The zero-order valence-electron chi connectivity index (χ0n) is 4.87. The van der Waals surface area contributed by atoms with E-state index in [4.69, 9.17) is 0 Å². The minimum Gasteiger partial charge on any atom is -0.274 e. The molecule has 0 aromatic heterocycles. The smallest absolute Gasteiger partial charge is 0.171 e. The summed E-state index contributed by atoms with van der Waals surface area (Å²) < 4.78 is 20.1. The van der Waals surface area contributed by atoms with Gasteiger partial charge in [0.2, 0.25) is 0 Å². The molecule has 0 atom stereocenters. The summed E-state index contributed by atoms with van der Waals surface area (Å²) in [6.07, 6.45) is 0. The van der Waals surface area contributed by atoms with Crippen molar-refractivity contribution in [2.45, 2.75) is 19.2 Å². The second kappa shape index (κ2) is 4.12. The third kappa shape index (κ3) is 2.49. The fourth-order valence-electron chi connectivity index (χ4n) is 0.263. The Bertz CT molecular complexity index is 84.0. The van der Waals surface area contributed by atoms with Gasteiger partial charge in [0.05, 0.1) is 0 Å². The minimum atomic E-state index is -0.213. The fraction of sp³-hybridized carbons (Fsp3) is 1.00. The van der Waals surface area contributed by atoms with Crippen LogP contribution < -0.4 is 0 Å². The second-order valence-electron chi connectivity index (χ2n) is 1.87. The van der Waals surface area contributed by atoms with E-state index in [1.165, 1.54) is 0 Å². The van der Waals surface area contributed by atoms with Crippen molar-refractivity contribution in [1.29, 1.82) is 0 Å². The molecular weight excluding hydrogens is 142 g/mol. The Kier molecular flexibility index (Phi) is 4.22. The van der Waals surface area contributed by atoms with Crippen LogP contribution in [0.25, 0.3) is 0 Å². The lowest BCUT2D eigenvalue weighted by Gasteiger charge is -2.00. The van der Waals surface area contributed by atoms with Crippen LogP contribution >= 0.6 is 16.9 Å². The number of rotatable bonds is 3. The maximum absolute atomic E-state index is 10.1. The van der Waals surface area contributed by atoms with Gasteiger partial charge in [0.25, 0.3) is 0 Å². The topological polar surface area (TPSA) is 34.1 Å². The molecule has 0 heterocycles. The molecule has 0 unspecified atom stereocenters. The van der Waals surface area contributed by atoms with E-state index in [0.29, 0.717) is 0 Å². The first-order chi connectivity index (χ1) is 3.72. The Balaban J connectivity index is 3.68. The second-order valence-corrected chi connectivity index (χ2v) is 3.81. The summed E-state index contributed by atoms with van der Waals surface area (Å²) in [5, 5.41) is -0.213. The Morgan fingerprint density at radius 2 is 1.50 bits per heavy atom. The molecule has 0 aliphatic rings. The normalized spacial score (nSPS) is 15.4. The van der Waals surface area contributed by atoms with Gasteiger partial charge >= 0.3 is 0 Å². The lowest BCUT2D eigenvalue weighted by molar-refractivity contribution is 0.570. The monoisotopic (exact) mass is 150 g/mol. The largest absolute Gasteiger partial charge is 0.274 e. The van der Waals surface area contributed by atoms with Gasteiger partial charge in [-0.05, 0) is 5.92 Å². The molecule has 4 heteroatoms. The molecular formula is C4H8O2P2. The summed E-state index contributed by atoms with van der Waals surface area (Å²) in [5.74, 6) is 0.230. The molecule has 0 aromatic carbocycles. The summed E-state index contributed by atoms with van der Waals surface area (Å²) in [6.45, 7) is 3.78. The van der Waals surface area contributed by atoms with Crippen molar-refractivity contribution in [1.82, 2.24) is 0 Å². The van der Waals surface area contributed by atoms with Gasteiger partial charge in [-0.25, -0.2) is 0 Å². The molecule has 0 aromatic rings. The maximum Gasteiger partial charge on any atom is 0.171 e.